The molecule has 1 fully saturated rings. The molecule has 0 aromatic heterocycles. The van der Waals surface area contributed by atoms with Gasteiger partial charge in [-0.2, -0.15) is 11.8 Å². The number of carbonyl (C=O) groups excluding carboxylic acids is 1. The van der Waals surface area contributed by atoms with Gasteiger partial charge in [-0.3, -0.25) is 4.79 Å². The smallest absolute Gasteiger partial charge is 0.330 e. The fourth-order valence-corrected chi connectivity index (χ4v) is 3.15. The highest BCUT2D eigenvalue weighted by atomic mass is 32.2. The maximum absolute atomic E-state index is 12.0. The number of ether oxygens (including phenoxy) is 1. The summed E-state index contributed by atoms with van der Waals surface area (Å²) in [6.07, 6.45) is 3.31. The number of hydrogen-bond acceptors (Lipinski definition) is 4. The van der Waals surface area contributed by atoms with Crippen LogP contribution in [0.5, 0.6) is 0 Å². The zero-order valence-corrected chi connectivity index (χ0v) is 13.5. The van der Waals surface area contributed by atoms with E-state index in [2.05, 4.69) is 5.32 Å². The molecule has 0 heterocycles. The number of carboxylic acids is 1. The first-order valence-electron chi connectivity index (χ1n) is 6.96. The number of rotatable bonds is 8. The van der Waals surface area contributed by atoms with Crippen molar-refractivity contribution >= 4 is 23.6 Å². The molecule has 2 unspecified atom stereocenters. The Hall–Kier alpha value is -0.750. The van der Waals surface area contributed by atoms with Crippen molar-refractivity contribution in [2.75, 3.05) is 18.6 Å². The lowest BCUT2D eigenvalue weighted by atomic mass is 9.54. The first-order chi connectivity index (χ1) is 9.31. The molecule has 0 aromatic carbocycles. The van der Waals surface area contributed by atoms with Crippen molar-refractivity contribution < 1.29 is 19.4 Å². The van der Waals surface area contributed by atoms with Crippen molar-refractivity contribution in [3.63, 3.8) is 0 Å². The van der Waals surface area contributed by atoms with Gasteiger partial charge in [-0.1, -0.05) is 13.8 Å². The predicted molar refractivity (Wildman–Crippen MR) is 79.9 cm³/mol. The Morgan fingerprint density at radius 2 is 2.10 bits per heavy atom. The summed E-state index contributed by atoms with van der Waals surface area (Å²) in [5.74, 6) is -0.264. The Morgan fingerprint density at radius 1 is 1.45 bits per heavy atom. The van der Waals surface area contributed by atoms with Crippen LogP contribution in [0.3, 0.4) is 0 Å². The van der Waals surface area contributed by atoms with Gasteiger partial charge in [-0.25, -0.2) is 4.79 Å². The summed E-state index contributed by atoms with van der Waals surface area (Å²) in [6, 6.07) is 0. The molecule has 1 saturated carbocycles. The number of hydrogen-bond donors (Lipinski definition) is 2. The Labute approximate surface area is 124 Å². The average Bonchev–Trinajstić information content (AvgIpc) is 2.37. The maximum atomic E-state index is 12.0. The molecule has 20 heavy (non-hydrogen) atoms. The summed E-state index contributed by atoms with van der Waals surface area (Å²) in [7, 11) is 0. The van der Waals surface area contributed by atoms with Crippen LogP contribution in [0.4, 0.5) is 0 Å². The normalized spacial score (nSPS) is 27.7. The fraction of sp³-hybridized carbons (Fsp3) is 0.857. The topological polar surface area (TPSA) is 75.6 Å². The molecule has 1 rings (SSSR count). The first-order valence-corrected chi connectivity index (χ1v) is 8.36. The van der Waals surface area contributed by atoms with Crippen molar-refractivity contribution in [2.45, 2.75) is 51.7 Å². The molecule has 116 valence electrons. The highest BCUT2D eigenvalue weighted by Crippen LogP contribution is 2.51. The van der Waals surface area contributed by atoms with Gasteiger partial charge >= 0.3 is 5.97 Å². The van der Waals surface area contributed by atoms with Crippen LogP contribution in [0.15, 0.2) is 0 Å². The number of carbonyl (C=O) groups is 2. The summed E-state index contributed by atoms with van der Waals surface area (Å²) in [5.41, 5.74) is -1.81. The lowest BCUT2D eigenvalue weighted by Gasteiger charge is -2.58. The predicted octanol–water partition coefficient (Wildman–Crippen LogP) is 1.90. The van der Waals surface area contributed by atoms with E-state index < -0.39 is 16.9 Å². The average molecular weight is 303 g/mol. The minimum Gasteiger partial charge on any atom is -0.479 e. The summed E-state index contributed by atoms with van der Waals surface area (Å²) >= 11 is 1.68. The fourth-order valence-electron chi connectivity index (χ4n) is 2.71. The van der Waals surface area contributed by atoms with E-state index in [0.29, 0.717) is 19.4 Å². The third kappa shape index (κ3) is 3.11. The number of nitrogens with one attached hydrogen (secondary N) is 1. The zero-order valence-electron chi connectivity index (χ0n) is 12.7. The van der Waals surface area contributed by atoms with Crippen LogP contribution < -0.4 is 5.32 Å². The number of aliphatic carboxylic acids is 1. The van der Waals surface area contributed by atoms with Gasteiger partial charge in [0, 0.05) is 24.9 Å². The second kappa shape index (κ2) is 6.80. The zero-order chi connectivity index (χ0) is 15.4. The van der Waals surface area contributed by atoms with Gasteiger partial charge in [-0.15, -0.1) is 0 Å². The van der Waals surface area contributed by atoms with Crippen LogP contribution in [0.2, 0.25) is 0 Å². The lowest BCUT2D eigenvalue weighted by Crippen LogP contribution is -2.76. The first kappa shape index (κ1) is 17.3. The van der Waals surface area contributed by atoms with Crippen LogP contribution in [-0.4, -0.2) is 47.2 Å². The third-order valence-electron chi connectivity index (χ3n) is 4.23. The van der Waals surface area contributed by atoms with Crippen molar-refractivity contribution in [3.05, 3.63) is 0 Å². The quantitative estimate of drug-likeness (QED) is 0.670. The molecule has 5 nitrogen and oxygen atoms in total. The molecule has 1 amide bonds. The minimum atomic E-state index is -1.21. The van der Waals surface area contributed by atoms with E-state index in [4.69, 9.17) is 4.74 Å². The van der Waals surface area contributed by atoms with Crippen LogP contribution in [0, 0.1) is 5.41 Å². The molecular weight excluding hydrogens is 278 g/mol. The minimum absolute atomic E-state index is 0.130. The molecule has 0 radical (unpaired) electrons. The standard InChI is InChI=1S/C14H25NO4S/c1-5-19-10-9-14(12(17)18,13(10,2)3)15-11(16)7-6-8-20-4/h10H,5-9H2,1-4H3,(H,15,16)(H,17,18). The Kier molecular flexibility index (Phi) is 5.89. The number of carboxylic acid groups (broad SMARTS) is 1. The monoisotopic (exact) mass is 303 g/mol. The third-order valence-corrected chi connectivity index (χ3v) is 4.93. The van der Waals surface area contributed by atoms with Crippen LogP contribution in [0.1, 0.15) is 40.0 Å². The summed E-state index contributed by atoms with van der Waals surface area (Å²) in [6.45, 7) is 6.11. The molecule has 2 N–H and O–H groups in total. The van der Waals surface area contributed by atoms with Crippen molar-refractivity contribution in [2.24, 2.45) is 5.41 Å². The van der Waals surface area contributed by atoms with E-state index in [0.717, 1.165) is 12.2 Å². The molecule has 0 aliphatic heterocycles. The maximum Gasteiger partial charge on any atom is 0.330 e. The molecular formula is C14H25NO4S. The highest BCUT2D eigenvalue weighted by Gasteiger charge is 2.66. The molecule has 2 atom stereocenters. The SMILES string of the molecule is CCOC1CC(NC(=O)CCCSC)(C(=O)O)C1(C)C. The van der Waals surface area contributed by atoms with E-state index >= 15 is 0 Å². The molecule has 1 aliphatic rings. The van der Waals surface area contributed by atoms with Crippen molar-refractivity contribution in [3.8, 4) is 0 Å². The highest BCUT2D eigenvalue weighted by molar-refractivity contribution is 7.98. The number of amides is 1. The largest absolute Gasteiger partial charge is 0.479 e. The number of thioether (sulfide) groups is 1. The molecule has 0 aromatic rings. The van der Waals surface area contributed by atoms with E-state index in [1.54, 1.807) is 11.8 Å². The van der Waals surface area contributed by atoms with Gasteiger partial charge in [0.05, 0.1) is 6.10 Å². The second-order valence-corrected chi connectivity index (χ2v) is 6.71. The molecule has 0 saturated heterocycles. The molecule has 1 aliphatic carbocycles. The Bertz CT molecular complexity index is 372. The van der Waals surface area contributed by atoms with Gasteiger partial charge in [0.15, 0.2) is 0 Å². The Morgan fingerprint density at radius 3 is 2.55 bits per heavy atom. The summed E-state index contributed by atoms with van der Waals surface area (Å²) < 4.78 is 5.56. The van der Waals surface area contributed by atoms with Crippen LogP contribution in [0.25, 0.3) is 0 Å². The van der Waals surface area contributed by atoms with E-state index in [1.165, 1.54) is 0 Å². The van der Waals surface area contributed by atoms with Crippen LogP contribution >= 0.6 is 11.8 Å². The Balaban J connectivity index is 2.71. The lowest BCUT2D eigenvalue weighted by molar-refractivity contribution is -0.194. The van der Waals surface area contributed by atoms with Gasteiger partial charge in [0.2, 0.25) is 5.91 Å². The van der Waals surface area contributed by atoms with Gasteiger partial charge in [-0.05, 0) is 25.4 Å². The summed E-state index contributed by atoms with van der Waals surface area (Å²) in [5, 5.41) is 12.3. The van der Waals surface area contributed by atoms with Crippen LogP contribution in [-0.2, 0) is 14.3 Å². The van der Waals surface area contributed by atoms with Gasteiger partial charge < -0.3 is 15.2 Å². The van der Waals surface area contributed by atoms with Crippen molar-refractivity contribution in [1.82, 2.24) is 5.32 Å². The van der Waals surface area contributed by atoms with Crippen molar-refractivity contribution in [1.29, 1.82) is 0 Å². The summed E-state index contributed by atoms with van der Waals surface area (Å²) in [4.78, 5) is 23.6. The van der Waals surface area contributed by atoms with E-state index in [1.807, 2.05) is 27.0 Å². The molecule has 0 spiro atoms. The molecule has 6 heteroatoms. The van der Waals surface area contributed by atoms with E-state index in [-0.39, 0.29) is 12.0 Å². The van der Waals surface area contributed by atoms with Gasteiger partial charge in [0.1, 0.15) is 5.54 Å². The van der Waals surface area contributed by atoms with Gasteiger partial charge in [0.25, 0.3) is 0 Å². The molecule has 0 bridgehead atoms. The van der Waals surface area contributed by atoms with E-state index in [9.17, 15) is 14.7 Å². The second-order valence-electron chi connectivity index (χ2n) is 5.72.